The van der Waals surface area contributed by atoms with Crippen molar-refractivity contribution in [2.75, 3.05) is 0 Å². The molecule has 1 aliphatic carbocycles. The minimum Gasteiger partial charge on any atom is -0.489 e. The van der Waals surface area contributed by atoms with Gasteiger partial charge in [-0.2, -0.15) is 5.10 Å². The molecular weight excluding hydrogens is 364 g/mol. The molecule has 4 rings (SSSR count). The summed E-state index contributed by atoms with van der Waals surface area (Å²) >= 11 is 0. The molecule has 0 atom stereocenters. The molecule has 150 valence electrons. The molecule has 1 saturated carbocycles. The molecule has 2 aromatic carbocycles. The van der Waals surface area contributed by atoms with Crippen molar-refractivity contribution in [1.82, 2.24) is 9.78 Å². The van der Waals surface area contributed by atoms with Crippen LogP contribution in [0.4, 0.5) is 0 Å². The molecule has 0 radical (unpaired) electrons. The third kappa shape index (κ3) is 4.86. The largest absolute Gasteiger partial charge is 0.489 e. The Morgan fingerprint density at radius 1 is 1.07 bits per heavy atom. The third-order valence-electron chi connectivity index (χ3n) is 5.52. The molecule has 29 heavy (non-hydrogen) atoms. The van der Waals surface area contributed by atoms with Crippen LogP contribution in [-0.2, 0) is 17.8 Å². The summed E-state index contributed by atoms with van der Waals surface area (Å²) in [7, 11) is 0. The Morgan fingerprint density at radius 2 is 1.86 bits per heavy atom. The molecule has 0 saturated heterocycles. The predicted octanol–water partition coefficient (Wildman–Crippen LogP) is 5.26. The molecule has 1 aromatic heterocycles. The molecule has 0 unspecified atom stereocenters. The van der Waals surface area contributed by atoms with Gasteiger partial charge in [-0.3, -0.25) is 9.48 Å². The van der Waals surface area contributed by atoms with E-state index in [4.69, 9.17) is 4.74 Å². The van der Waals surface area contributed by atoms with Crippen LogP contribution < -0.4 is 4.74 Å². The van der Waals surface area contributed by atoms with E-state index in [1.807, 2.05) is 54.7 Å². The summed E-state index contributed by atoms with van der Waals surface area (Å²) in [4.78, 5) is 11.4. The van der Waals surface area contributed by atoms with E-state index in [-0.39, 0.29) is 6.42 Å². The summed E-state index contributed by atoms with van der Waals surface area (Å²) < 4.78 is 8.01. The first-order chi connectivity index (χ1) is 14.2. The zero-order valence-electron chi connectivity index (χ0n) is 16.5. The molecule has 5 heteroatoms. The van der Waals surface area contributed by atoms with Gasteiger partial charge in [0.05, 0.1) is 18.7 Å². The topological polar surface area (TPSA) is 64.3 Å². The molecule has 1 N–H and O–H groups in total. The maximum absolute atomic E-state index is 11.4. The number of ether oxygens (including phenoxy) is 1. The number of hydrogen-bond donors (Lipinski definition) is 1. The number of rotatable bonds is 7. The van der Waals surface area contributed by atoms with Gasteiger partial charge >= 0.3 is 5.97 Å². The zero-order chi connectivity index (χ0) is 20.1. The number of benzene rings is 2. The highest BCUT2D eigenvalue weighted by Gasteiger charge is 2.17. The monoisotopic (exact) mass is 390 g/mol. The van der Waals surface area contributed by atoms with Gasteiger partial charge in [0.2, 0.25) is 0 Å². The van der Waals surface area contributed by atoms with Gasteiger partial charge in [-0.05, 0) is 36.1 Å². The smallest absolute Gasteiger partial charge is 0.307 e. The fourth-order valence-electron chi connectivity index (χ4n) is 3.97. The number of carboxylic acids is 1. The van der Waals surface area contributed by atoms with Crippen molar-refractivity contribution < 1.29 is 14.6 Å². The molecule has 1 heterocycles. The molecule has 1 fully saturated rings. The fourth-order valence-corrected chi connectivity index (χ4v) is 3.97. The van der Waals surface area contributed by atoms with Crippen LogP contribution in [0.15, 0.2) is 60.9 Å². The van der Waals surface area contributed by atoms with Crippen LogP contribution in [0.2, 0.25) is 0 Å². The van der Waals surface area contributed by atoms with Crippen LogP contribution in [-0.4, -0.2) is 20.9 Å². The van der Waals surface area contributed by atoms with Gasteiger partial charge in [-0.25, -0.2) is 0 Å². The molecule has 0 amide bonds. The quantitative estimate of drug-likeness (QED) is 0.597. The van der Waals surface area contributed by atoms with Crippen molar-refractivity contribution in [3.63, 3.8) is 0 Å². The van der Waals surface area contributed by atoms with Crippen LogP contribution in [0.25, 0.3) is 11.1 Å². The highest BCUT2D eigenvalue weighted by atomic mass is 16.5. The van der Waals surface area contributed by atoms with E-state index in [1.165, 1.54) is 32.1 Å². The Bertz CT molecular complexity index is 959. The molecule has 3 aromatic rings. The minimum atomic E-state index is -0.871. The Kier molecular flexibility index (Phi) is 5.94. The Hall–Kier alpha value is -3.08. The molecule has 5 nitrogen and oxygen atoms in total. The highest BCUT2D eigenvalue weighted by molar-refractivity contribution is 5.73. The van der Waals surface area contributed by atoms with E-state index in [9.17, 15) is 9.90 Å². The second-order valence-corrected chi connectivity index (χ2v) is 7.67. The van der Waals surface area contributed by atoms with Crippen LogP contribution in [0.1, 0.15) is 49.3 Å². The lowest BCUT2D eigenvalue weighted by atomic mass is 9.96. The maximum Gasteiger partial charge on any atom is 0.307 e. The number of nitrogens with zero attached hydrogens (tertiary/aromatic N) is 2. The van der Waals surface area contributed by atoms with Crippen LogP contribution >= 0.6 is 0 Å². The van der Waals surface area contributed by atoms with Crippen molar-refractivity contribution in [3.05, 3.63) is 72.1 Å². The van der Waals surface area contributed by atoms with E-state index in [0.717, 1.165) is 16.7 Å². The third-order valence-corrected chi connectivity index (χ3v) is 5.52. The number of carboxylic acid groups (broad SMARTS) is 1. The summed E-state index contributed by atoms with van der Waals surface area (Å²) in [6.07, 6.45) is 10.1. The second kappa shape index (κ2) is 8.95. The predicted molar refractivity (Wildman–Crippen MR) is 112 cm³/mol. The summed E-state index contributed by atoms with van der Waals surface area (Å²) in [5.74, 6) is -0.260. The van der Waals surface area contributed by atoms with Gasteiger partial charge in [0.15, 0.2) is 0 Å². The number of carbonyl (C=O) groups is 1. The lowest BCUT2D eigenvalue weighted by molar-refractivity contribution is -0.136. The van der Waals surface area contributed by atoms with Crippen molar-refractivity contribution in [2.24, 2.45) is 0 Å². The highest BCUT2D eigenvalue weighted by Crippen LogP contribution is 2.31. The number of aliphatic carboxylic acids is 1. The molecular formula is C24H26N2O3. The van der Waals surface area contributed by atoms with E-state index in [1.54, 1.807) is 0 Å². The van der Waals surface area contributed by atoms with Crippen LogP contribution in [0, 0.1) is 0 Å². The summed E-state index contributed by atoms with van der Waals surface area (Å²) in [6.45, 7) is 0.409. The normalized spacial score (nSPS) is 14.6. The standard InChI is InChI=1S/C24H26N2O3/c27-24(28)14-20-13-19(11-12-23(20)29-17-18-7-3-1-4-8-18)21-15-25-26(16-21)22-9-5-2-6-10-22/h1,3-4,7-8,11-13,15-16,22H,2,5-6,9-10,14,17H2,(H,27,28). The van der Waals surface area contributed by atoms with E-state index >= 15 is 0 Å². The molecule has 1 aliphatic rings. The lowest BCUT2D eigenvalue weighted by Crippen LogP contribution is -2.12. The van der Waals surface area contributed by atoms with Crippen LogP contribution in [0.5, 0.6) is 5.75 Å². The van der Waals surface area contributed by atoms with Gasteiger partial charge in [0.25, 0.3) is 0 Å². The van der Waals surface area contributed by atoms with E-state index < -0.39 is 5.97 Å². The maximum atomic E-state index is 11.4. The lowest BCUT2D eigenvalue weighted by Gasteiger charge is -2.21. The van der Waals surface area contributed by atoms with Gasteiger partial charge in [0.1, 0.15) is 12.4 Å². The van der Waals surface area contributed by atoms with Crippen molar-refractivity contribution in [1.29, 1.82) is 0 Å². The van der Waals surface area contributed by atoms with E-state index in [2.05, 4.69) is 16.0 Å². The van der Waals surface area contributed by atoms with Gasteiger partial charge in [-0.1, -0.05) is 55.7 Å². The van der Waals surface area contributed by atoms with Crippen molar-refractivity contribution in [3.8, 4) is 16.9 Å². The van der Waals surface area contributed by atoms with Gasteiger partial charge in [-0.15, -0.1) is 0 Å². The van der Waals surface area contributed by atoms with Crippen molar-refractivity contribution >= 4 is 5.97 Å². The Morgan fingerprint density at radius 3 is 2.62 bits per heavy atom. The van der Waals surface area contributed by atoms with Gasteiger partial charge < -0.3 is 9.84 Å². The Balaban J connectivity index is 1.55. The first-order valence-corrected chi connectivity index (χ1v) is 10.2. The molecule has 0 aliphatic heterocycles. The summed E-state index contributed by atoms with van der Waals surface area (Å²) in [5, 5.41) is 13.9. The van der Waals surface area contributed by atoms with Crippen molar-refractivity contribution in [2.45, 2.75) is 51.2 Å². The van der Waals surface area contributed by atoms with E-state index in [0.29, 0.717) is 24.0 Å². The first kappa shape index (κ1) is 19.2. The Labute approximate surface area is 171 Å². The average Bonchev–Trinajstić information content (AvgIpc) is 3.24. The number of aromatic nitrogens is 2. The summed E-state index contributed by atoms with van der Waals surface area (Å²) in [6, 6.07) is 16.1. The number of hydrogen-bond acceptors (Lipinski definition) is 3. The first-order valence-electron chi connectivity index (χ1n) is 10.2. The minimum absolute atomic E-state index is 0.0747. The summed E-state index contributed by atoms with van der Waals surface area (Å²) in [5.41, 5.74) is 3.70. The SMILES string of the molecule is O=C(O)Cc1cc(-c2cnn(C3CCCCC3)c2)ccc1OCc1ccccc1. The fraction of sp³-hybridized carbons (Fsp3) is 0.333. The zero-order valence-corrected chi connectivity index (χ0v) is 16.5. The van der Waals surface area contributed by atoms with Crippen LogP contribution in [0.3, 0.4) is 0 Å². The molecule has 0 spiro atoms. The molecule has 0 bridgehead atoms. The van der Waals surface area contributed by atoms with Gasteiger partial charge in [0, 0.05) is 17.3 Å². The average molecular weight is 390 g/mol. The second-order valence-electron chi connectivity index (χ2n) is 7.67.